The molecule has 0 aliphatic carbocycles. The van der Waals surface area contributed by atoms with Crippen LogP contribution in [0.4, 0.5) is 5.00 Å². The van der Waals surface area contributed by atoms with Gasteiger partial charge in [0.05, 0.1) is 24.1 Å². The van der Waals surface area contributed by atoms with Crippen molar-refractivity contribution in [1.82, 2.24) is 14.7 Å². The second kappa shape index (κ2) is 11.2. The normalized spacial score (nSPS) is 14.6. The van der Waals surface area contributed by atoms with Gasteiger partial charge in [0.1, 0.15) is 5.00 Å². The molecule has 8 nitrogen and oxygen atoms in total. The number of fused-ring (bicyclic) bond motifs is 1. The number of thiophene rings is 1. The summed E-state index contributed by atoms with van der Waals surface area (Å²) in [4.78, 5) is 44.2. The van der Waals surface area contributed by atoms with Crippen LogP contribution in [0, 0.1) is 6.92 Å². The molecular weight excluding hydrogens is 476 g/mol. The topological polar surface area (TPSA) is 82.2 Å². The average molecular weight is 509 g/mol. The Morgan fingerprint density at radius 1 is 1.00 bits per heavy atom. The minimum Gasteiger partial charge on any atom is -0.465 e. The maximum atomic E-state index is 12.9. The number of rotatable bonds is 7. The van der Waals surface area contributed by atoms with Crippen LogP contribution < -0.4 is 5.32 Å². The zero-order valence-electron chi connectivity index (χ0n) is 21.2. The van der Waals surface area contributed by atoms with E-state index in [4.69, 9.17) is 4.74 Å². The van der Waals surface area contributed by atoms with Gasteiger partial charge in [-0.2, -0.15) is 0 Å². The number of carbonyl (C=O) groups is 3. The van der Waals surface area contributed by atoms with Crippen molar-refractivity contribution >= 4 is 44.9 Å². The van der Waals surface area contributed by atoms with Gasteiger partial charge in [-0.3, -0.25) is 19.4 Å². The van der Waals surface area contributed by atoms with Gasteiger partial charge in [-0.25, -0.2) is 4.79 Å². The van der Waals surface area contributed by atoms with E-state index in [2.05, 4.69) is 57.6 Å². The first kappa shape index (κ1) is 25.8. The molecule has 36 heavy (non-hydrogen) atoms. The Balaban J connectivity index is 1.37. The lowest BCUT2D eigenvalue weighted by Gasteiger charge is -2.34. The van der Waals surface area contributed by atoms with Crippen LogP contribution in [0.2, 0.25) is 0 Å². The third-order valence-corrected chi connectivity index (χ3v) is 7.69. The summed E-state index contributed by atoms with van der Waals surface area (Å²) in [5, 5.41) is 5.73. The largest absolute Gasteiger partial charge is 0.465 e. The quantitative estimate of drug-likeness (QED) is 0.493. The van der Waals surface area contributed by atoms with Crippen molar-refractivity contribution in [3.05, 3.63) is 64.0 Å². The lowest BCUT2D eigenvalue weighted by atomic mass is 10.0. The second-order valence-corrected chi connectivity index (χ2v) is 10.2. The van der Waals surface area contributed by atoms with Gasteiger partial charge in [0, 0.05) is 46.8 Å². The van der Waals surface area contributed by atoms with E-state index >= 15 is 0 Å². The molecule has 2 aromatic carbocycles. The number of carbonyl (C=O) groups excluding carboxylic acids is 3. The highest BCUT2D eigenvalue weighted by atomic mass is 32.1. The van der Waals surface area contributed by atoms with E-state index in [1.807, 2.05) is 0 Å². The van der Waals surface area contributed by atoms with Crippen molar-refractivity contribution in [2.45, 2.75) is 13.5 Å². The number of amides is 2. The van der Waals surface area contributed by atoms with Crippen LogP contribution in [0.5, 0.6) is 0 Å². The second-order valence-electron chi connectivity index (χ2n) is 9.19. The first-order valence-corrected chi connectivity index (χ1v) is 12.7. The molecule has 1 aromatic heterocycles. The third-order valence-electron chi connectivity index (χ3n) is 6.50. The van der Waals surface area contributed by atoms with Crippen LogP contribution in [-0.2, 0) is 16.1 Å². The number of hydrogen-bond donors (Lipinski definition) is 1. The SMILES string of the molecule is COC(=O)c1c(NC(=O)CN2CCN(Cc3cccc4ccccc34)CC2)sc(C(=O)N(C)C)c1C. The molecule has 1 aliphatic rings. The Bertz CT molecular complexity index is 1270. The van der Waals surface area contributed by atoms with Gasteiger partial charge in [-0.15, -0.1) is 11.3 Å². The summed E-state index contributed by atoms with van der Waals surface area (Å²) in [5.74, 6) is -1.00. The van der Waals surface area contributed by atoms with Gasteiger partial charge in [0.15, 0.2) is 0 Å². The molecule has 0 unspecified atom stereocenters. The van der Waals surface area contributed by atoms with E-state index in [0.29, 0.717) is 15.4 Å². The number of nitrogens with zero attached hydrogens (tertiary/aromatic N) is 3. The zero-order chi connectivity index (χ0) is 25.8. The third kappa shape index (κ3) is 5.59. The summed E-state index contributed by atoms with van der Waals surface area (Å²) in [6, 6.07) is 14.8. The molecule has 2 amide bonds. The van der Waals surface area contributed by atoms with Gasteiger partial charge >= 0.3 is 5.97 Å². The molecule has 0 saturated carbocycles. The molecular formula is C27H32N4O4S. The lowest BCUT2D eigenvalue weighted by molar-refractivity contribution is -0.117. The van der Waals surface area contributed by atoms with Crippen molar-refractivity contribution in [3.63, 3.8) is 0 Å². The summed E-state index contributed by atoms with van der Waals surface area (Å²) >= 11 is 1.11. The molecule has 1 N–H and O–H groups in total. The number of hydrogen-bond acceptors (Lipinski definition) is 7. The van der Waals surface area contributed by atoms with Crippen LogP contribution in [0.25, 0.3) is 10.8 Å². The molecule has 4 rings (SSSR count). The van der Waals surface area contributed by atoms with Gasteiger partial charge in [0.25, 0.3) is 5.91 Å². The van der Waals surface area contributed by atoms with Crippen LogP contribution in [0.15, 0.2) is 42.5 Å². The molecule has 3 aromatic rings. The van der Waals surface area contributed by atoms with Gasteiger partial charge in [-0.1, -0.05) is 42.5 Å². The summed E-state index contributed by atoms with van der Waals surface area (Å²) in [6.07, 6.45) is 0. The molecule has 9 heteroatoms. The number of esters is 1. The number of piperazine rings is 1. The fraction of sp³-hybridized carbons (Fsp3) is 0.370. The van der Waals surface area contributed by atoms with Gasteiger partial charge in [-0.05, 0) is 28.8 Å². The number of anilines is 1. The van der Waals surface area contributed by atoms with Crippen LogP contribution in [-0.4, -0.2) is 86.4 Å². The van der Waals surface area contributed by atoms with Crippen molar-refractivity contribution in [2.24, 2.45) is 0 Å². The summed E-state index contributed by atoms with van der Waals surface area (Å²) in [7, 11) is 4.59. The zero-order valence-corrected chi connectivity index (χ0v) is 22.0. The highest BCUT2D eigenvalue weighted by Gasteiger charge is 2.28. The lowest BCUT2D eigenvalue weighted by Crippen LogP contribution is -2.48. The van der Waals surface area contributed by atoms with Crippen LogP contribution >= 0.6 is 11.3 Å². The predicted octanol–water partition coefficient (Wildman–Crippen LogP) is 3.45. The van der Waals surface area contributed by atoms with Gasteiger partial charge in [0.2, 0.25) is 5.91 Å². The van der Waals surface area contributed by atoms with E-state index in [1.165, 1.54) is 28.3 Å². The fourth-order valence-electron chi connectivity index (χ4n) is 4.50. The molecule has 0 atom stereocenters. The Morgan fingerprint density at radius 3 is 2.36 bits per heavy atom. The smallest absolute Gasteiger partial charge is 0.341 e. The minimum absolute atomic E-state index is 0.215. The summed E-state index contributed by atoms with van der Waals surface area (Å²) in [6.45, 7) is 6.07. The Morgan fingerprint density at radius 2 is 1.67 bits per heavy atom. The van der Waals surface area contributed by atoms with Gasteiger partial charge < -0.3 is 15.0 Å². The van der Waals surface area contributed by atoms with Crippen molar-refractivity contribution < 1.29 is 19.1 Å². The number of ether oxygens (including phenoxy) is 1. The predicted molar refractivity (Wildman–Crippen MR) is 143 cm³/mol. The van der Waals surface area contributed by atoms with E-state index in [0.717, 1.165) is 44.1 Å². The molecule has 0 radical (unpaired) electrons. The van der Waals surface area contributed by atoms with Crippen molar-refractivity contribution in [1.29, 1.82) is 0 Å². The summed E-state index contributed by atoms with van der Waals surface area (Å²) < 4.78 is 4.91. The standard InChI is InChI=1S/C27H32N4O4S/c1-18-23(27(34)35-4)25(36-24(18)26(33)29(2)3)28-22(32)17-31-14-12-30(13-15-31)16-20-10-7-9-19-8-5-6-11-21(19)20/h5-11H,12-17H2,1-4H3,(H,28,32). The first-order valence-electron chi connectivity index (χ1n) is 11.9. The number of nitrogens with one attached hydrogen (secondary N) is 1. The minimum atomic E-state index is -0.570. The van der Waals surface area contributed by atoms with E-state index in [1.54, 1.807) is 21.0 Å². The molecule has 1 saturated heterocycles. The maximum absolute atomic E-state index is 12.9. The van der Waals surface area contributed by atoms with Crippen LogP contribution in [0.1, 0.15) is 31.2 Å². The fourth-order valence-corrected chi connectivity index (χ4v) is 5.74. The van der Waals surface area contributed by atoms with Crippen molar-refractivity contribution in [2.75, 3.05) is 59.2 Å². The first-order chi connectivity index (χ1) is 17.3. The number of methoxy groups -OCH3 is 1. The van der Waals surface area contributed by atoms with Crippen molar-refractivity contribution in [3.8, 4) is 0 Å². The molecule has 1 aliphatic heterocycles. The Hall–Kier alpha value is -3.27. The molecule has 190 valence electrons. The van der Waals surface area contributed by atoms with E-state index in [-0.39, 0.29) is 23.9 Å². The highest BCUT2D eigenvalue weighted by Crippen LogP contribution is 2.34. The molecule has 1 fully saturated rings. The molecule has 0 bridgehead atoms. The molecule has 0 spiro atoms. The monoisotopic (exact) mass is 508 g/mol. The number of benzene rings is 2. The highest BCUT2D eigenvalue weighted by molar-refractivity contribution is 7.18. The maximum Gasteiger partial charge on any atom is 0.341 e. The van der Waals surface area contributed by atoms with E-state index in [9.17, 15) is 14.4 Å². The Labute approximate surface area is 215 Å². The molecule has 2 heterocycles. The average Bonchev–Trinajstić information content (AvgIpc) is 3.19. The van der Waals surface area contributed by atoms with E-state index < -0.39 is 5.97 Å². The van der Waals surface area contributed by atoms with Crippen LogP contribution in [0.3, 0.4) is 0 Å². The Kier molecular flexibility index (Phi) is 8.03. The summed E-state index contributed by atoms with van der Waals surface area (Å²) in [5.41, 5.74) is 2.06.